The van der Waals surface area contributed by atoms with Crippen LogP contribution in [0.3, 0.4) is 0 Å². The number of amides is 1. The van der Waals surface area contributed by atoms with Gasteiger partial charge in [-0.05, 0) is 52.0 Å². The van der Waals surface area contributed by atoms with Crippen LogP contribution in [0.2, 0.25) is 5.02 Å². The van der Waals surface area contributed by atoms with Gasteiger partial charge in [-0.15, -0.1) is 0 Å². The van der Waals surface area contributed by atoms with Crippen molar-refractivity contribution >= 4 is 23.3 Å². The average molecular weight is 297 g/mol. The fourth-order valence-electron chi connectivity index (χ4n) is 2.29. The van der Waals surface area contributed by atoms with Crippen molar-refractivity contribution in [3.63, 3.8) is 0 Å². The summed E-state index contributed by atoms with van der Waals surface area (Å²) < 4.78 is 0. The predicted octanol–water partition coefficient (Wildman–Crippen LogP) is 1.99. The van der Waals surface area contributed by atoms with Crippen molar-refractivity contribution in [2.75, 3.05) is 32.0 Å². The summed E-state index contributed by atoms with van der Waals surface area (Å²) in [7, 11) is 2.09. The zero-order valence-electron chi connectivity index (χ0n) is 11.9. The summed E-state index contributed by atoms with van der Waals surface area (Å²) in [5.74, 6) is 0.481. The molecule has 0 aliphatic carbocycles. The van der Waals surface area contributed by atoms with Gasteiger partial charge in [-0.3, -0.25) is 4.79 Å². The molecule has 0 spiro atoms. The molecule has 5 nitrogen and oxygen atoms in total. The molecule has 1 fully saturated rings. The van der Waals surface area contributed by atoms with Gasteiger partial charge in [0.15, 0.2) is 0 Å². The Balaban J connectivity index is 2.03. The van der Waals surface area contributed by atoms with E-state index in [2.05, 4.69) is 27.6 Å². The predicted molar refractivity (Wildman–Crippen MR) is 81.4 cm³/mol. The minimum atomic E-state index is -0.190. The zero-order chi connectivity index (χ0) is 14.5. The highest BCUT2D eigenvalue weighted by Gasteiger charge is 2.21. The van der Waals surface area contributed by atoms with Crippen LogP contribution in [-0.4, -0.2) is 48.5 Å². The third-order valence-electron chi connectivity index (χ3n) is 3.47. The Labute approximate surface area is 124 Å². The number of pyridine rings is 1. The molecule has 0 unspecified atom stereocenters. The summed E-state index contributed by atoms with van der Waals surface area (Å²) in [5, 5.41) is 6.49. The SMILES string of the molecule is CCNc1ccc(Cl)c(C(=O)NC2CCN(C)CC2)n1. The molecule has 2 rings (SSSR count). The van der Waals surface area contributed by atoms with E-state index in [9.17, 15) is 4.79 Å². The minimum Gasteiger partial charge on any atom is -0.370 e. The molecule has 6 heteroatoms. The Morgan fingerprint density at radius 1 is 1.45 bits per heavy atom. The summed E-state index contributed by atoms with van der Waals surface area (Å²) >= 11 is 6.07. The molecule has 0 atom stereocenters. The second-order valence-electron chi connectivity index (χ2n) is 5.11. The first-order chi connectivity index (χ1) is 9.60. The lowest BCUT2D eigenvalue weighted by atomic mass is 10.1. The largest absolute Gasteiger partial charge is 0.370 e. The van der Waals surface area contributed by atoms with Crippen LogP contribution in [0.25, 0.3) is 0 Å². The molecule has 1 saturated heterocycles. The molecule has 1 aliphatic heterocycles. The number of piperidine rings is 1. The monoisotopic (exact) mass is 296 g/mol. The normalized spacial score (nSPS) is 16.9. The van der Waals surface area contributed by atoms with Crippen molar-refractivity contribution in [3.8, 4) is 0 Å². The first-order valence-corrected chi connectivity index (χ1v) is 7.37. The molecule has 1 aromatic rings. The molecular formula is C14H21ClN4O. The highest BCUT2D eigenvalue weighted by molar-refractivity contribution is 6.33. The molecule has 110 valence electrons. The highest BCUT2D eigenvalue weighted by atomic mass is 35.5. The highest BCUT2D eigenvalue weighted by Crippen LogP contribution is 2.17. The van der Waals surface area contributed by atoms with E-state index in [4.69, 9.17) is 11.6 Å². The molecule has 0 bridgehead atoms. The Morgan fingerprint density at radius 2 is 2.15 bits per heavy atom. The molecule has 0 radical (unpaired) electrons. The van der Waals surface area contributed by atoms with Crippen molar-refractivity contribution in [1.82, 2.24) is 15.2 Å². The summed E-state index contributed by atoms with van der Waals surface area (Å²) in [5.41, 5.74) is 0.295. The smallest absolute Gasteiger partial charge is 0.271 e. The third-order valence-corrected chi connectivity index (χ3v) is 3.78. The molecule has 1 amide bonds. The molecule has 0 saturated carbocycles. The number of halogens is 1. The lowest BCUT2D eigenvalue weighted by Crippen LogP contribution is -2.43. The van der Waals surface area contributed by atoms with E-state index in [0.717, 1.165) is 32.5 Å². The molecule has 2 N–H and O–H groups in total. The van der Waals surface area contributed by atoms with Crippen LogP contribution < -0.4 is 10.6 Å². The maximum absolute atomic E-state index is 12.3. The van der Waals surface area contributed by atoms with E-state index in [1.54, 1.807) is 12.1 Å². The van der Waals surface area contributed by atoms with Crippen LogP contribution in [0.5, 0.6) is 0 Å². The van der Waals surface area contributed by atoms with Crippen molar-refractivity contribution < 1.29 is 4.79 Å². The summed E-state index contributed by atoms with van der Waals surface area (Å²) in [4.78, 5) is 18.8. The van der Waals surface area contributed by atoms with Gasteiger partial charge in [0.2, 0.25) is 0 Å². The van der Waals surface area contributed by atoms with Gasteiger partial charge in [-0.25, -0.2) is 4.98 Å². The van der Waals surface area contributed by atoms with E-state index < -0.39 is 0 Å². The lowest BCUT2D eigenvalue weighted by Gasteiger charge is -2.29. The summed E-state index contributed by atoms with van der Waals surface area (Å²) in [6, 6.07) is 3.69. The number of anilines is 1. The summed E-state index contributed by atoms with van der Waals surface area (Å²) in [6.07, 6.45) is 1.93. The second kappa shape index (κ2) is 6.90. The van der Waals surface area contributed by atoms with Crippen LogP contribution in [0.15, 0.2) is 12.1 Å². The van der Waals surface area contributed by atoms with Gasteiger partial charge in [0.1, 0.15) is 11.5 Å². The van der Waals surface area contributed by atoms with Crippen LogP contribution in [-0.2, 0) is 0 Å². The van der Waals surface area contributed by atoms with E-state index >= 15 is 0 Å². The van der Waals surface area contributed by atoms with Crippen LogP contribution >= 0.6 is 11.6 Å². The van der Waals surface area contributed by atoms with Gasteiger partial charge in [-0.1, -0.05) is 11.6 Å². The fraction of sp³-hybridized carbons (Fsp3) is 0.571. The van der Waals surface area contributed by atoms with Gasteiger partial charge in [0.25, 0.3) is 5.91 Å². The Bertz CT molecular complexity index is 472. The third kappa shape index (κ3) is 3.84. The standard InChI is InChI=1S/C14H21ClN4O/c1-3-16-12-5-4-11(15)13(18-12)14(20)17-10-6-8-19(2)9-7-10/h4-5,10H,3,6-9H2,1-2H3,(H,16,18)(H,17,20). The number of likely N-dealkylation sites (tertiary alicyclic amines) is 1. The van der Waals surface area contributed by atoms with Gasteiger partial charge >= 0.3 is 0 Å². The molecule has 2 heterocycles. The molecule has 1 aromatic heterocycles. The molecule has 20 heavy (non-hydrogen) atoms. The van der Waals surface area contributed by atoms with Gasteiger partial charge in [0.05, 0.1) is 5.02 Å². The summed E-state index contributed by atoms with van der Waals surface area (Å²) in [6.45, 7) is 4.74. The number of nitrogens with one attached hydrogen (secondary N) is 2. The average Bonchev–Trinajstić information content (AvgIpc) is 2.43. The van der Waals surface area contributed by atoms with Crippen LogP contribution in [0, 0.1) is 0 Å². The van der Waals surface area contributed by atoms with Crippen molar-refractivity contribution in [1.29, 1.82) is 0 Å². The quantitative estimate of drug-likeness (QED) is 0.892. The fourth-order valence-corrected chi connectivity index (χ4v) is 2.48. The minimum absolute atomic E-state index is 0.190. The van der Waals surface area contributed by atoms with Crippen LogP contribution in [0.1, 0.15) is 30.3 Å². The van der Waals surface area contributed by atoms with E-state index in [1.807, 2.05) is 6.92 Å². The number of hydrogen-bond acceptors (Lipinski definition) is 4. The number of carbonyl (C=O) groups excluding carboxylic acids is 1. The molecular weight excluding hydrogens is 276 g/mol. The maximum atomic E-state index is 12.3. The number of hydrogen-bond donors (Lipinski definition) is 2. The molecule has 0 aromatic carbocycles. The Morgan fingerprint density at radius 3 is 2.80 bits per heavy atom. The van der Waals surface area contributed by atoms with Crippen molar-refractivity contribution in [2.24, 2.45) is 0 Å². The van der Waals surface area contributed by atoms with Gasteiger partial charge < -0.3 is 15.5 Å². The number of rotatable bonds is 4. The molecule has 1 aliphatic rings. The number of nitrogens with zero attached hydrogens (tertiary/aromatic N) is 2. The van der Waals surface area contributed by atoms with Gasteiger partial charge in [-0.2, -0.15) is 0 Å². The number of aromatic nitrogens is 1. The Kier molecular flexibility index (Phi) is 5.20. The first kappa shape index (κ1) is 15.1. The topological polar surface area (TPSA) is 57.3 Å². The Hall–Kier alpha value is -1.33. The van der Waals surface area contributed by atoms with E-state index in [-0.39, 0.29) is 11.9 Å². The number of carbonyl (C=O) groups is 1. The van der Waals surface area contributed by atoms with E-state index in [1.165, 1.54) is 0 Å². The van der Waals surface area contributed by atoms with Crippen molar-refractivity contribution in [3.05, 3.63) is 22.8 Å². The first-order valence-electron chi connectivity index (χ1n) is 7.00. The van der Waals surface area contributed by atoms with Crippen molar-refractivity contribution in [2.45, 2.75) is 25.8 Å². The second-order valence-corrected chi connectivity index (χ2v) is 5.52. The van der Waals surface area contributed by atoms with Crippen LogP contribution in [0.4, 0.5) is 5.82 Å². The zero-order valence-corrected chi connectivity index (χ0v) is 12.7. The maximum Gasteiger partial charge on any atom is 0.271 e. The van der Waals surface area contributed by atoms with E-state index in [0.29, 0.717) is 16.5 Å². The lowest BCUT2D eigenvalue weighted by molar-refractivity contribution is 0.0912. The van der Waals surface area contributed by atoms with Gasteiger partial charge in [0, 0.05) is 12.6 Å².